The van der Waals surface area contributed by atoms with Gasteiger partial charge in [-0.05, 0) is 37.8 Å². The van der Waals surface area contributed by atoms with E-state index < -0.39 is 11.6 Å². The lowest BCUT2D eigenvalue weighted by Crippen LogP contribution is -2.55. The summed E-state index contributed by atoms with van der Waals surface area (Å²) in [5.41, 5.74) is 0.387. The molecule has 1 aromatic heterocycles. The van der Waals surface area contributed by atoms with Gasteiger partial charge in [0.05, 0.1) is 4.88 Å². The van der Waals surface area contributed by atoms with E-state index in [1.54, 1.807) is 4.90 Å². The van der Waals surface area contributed by atoms with Gasteiger partial charge in [-0.1, -0.05) is 6.92 Å². The maximum absolute atomic E-state index is 12.6. The number of thiophene rings is 1. The molecule has 3 heterocycles. The zero-order chi connectivity index (χ0) is 15.9. The lowest BCUT2D eigenvalue weighted by Gasteiger charge is -2.36. The predicted molar refractivity (Wildman–Crippen MR) is 83.0 cm³/mol. The number of imide groups is 1. The Morgan fingerprint density at radius 1 is 1.36 bits per heavy atom. The minimum absolute atomic E-state index is 0.0207. The van der Waals surface area contributed by atoms with Crippen LogP contribution < -0.4 is 10.6 Å². The molecule has 0 unspecified atom stereocenters. The summed E-state index contributed by atoms with van der Waals surface area (Å²) in [6, 6.07) is 1.53. The van der Waals surface area contributed by atoms with Crippen LogP contribution in [0, 0.1) is 6.92 Å². The van der Waals surface area contributed by atoms with Crippen LogP contribution in [-0.2, 0) is 11.2 Å². The fourth-order valence-corrected chi connectivity index (χ4v) is 4.19. The van der Waals surface area contributed by atoms with Crippen molar-refractivity contribution in [3.8, 4) is 0 Å². The quantitative estimate of drug-likeness (QED) is 0.809. The Kier molecular flexibility index (Phi) is 3.68. The molecular formula is C15H19N3O3S. The highest BCUT2D eigenvalue weighted by Gasteiger charge is 2.48. The number of hydrogen-bond donors (Lipinski definition) is 2. The number of urea groups is 1. The zero-order valence-corrected chi connectivity index (χ0v) is 13.5. The number of piperidine rings is 1. The Morgan fingerprint density at radius 2 is 2.05 bits per heavy atom. The normalized spacial score (nSPS) is 20.2. The Hall–Kier alpha value is -1.89. The van der Waals surface area contributed by atoms with Gasteiger partial charge in [-0.3, -0.25) is 14.9 Å². The van der Waals surface area contributed by atoms with E-state index in [1.807, 2.05) is 13.0 Å². The average Bonchev–Trinajstić information content (AvgIpc) is 2.99. The summed E-state index contributed by atoms with van der Waals surface area (Å²) in [4.78, 5) is 39.5. The summed E-state index contributed by atoms with van der Waals surface area (Å²) in [5, 5.41) is 4.99. The number of likely N-dealkylation sites (tertiary alicyclic amines) is 1. The maximum Gasteiger partial charge on any atom is 0.322 e. The molecule has 2 saturated heterocycles. The Balaban J connectivity index is 1.69. The molecule has 7 heteroatoms. The van der Waals surface area contributed by atoms with Crippen LogP contribution in [0.5, 0.6) is 0 Å². The summed E-state index contributed by atoms with van der Waals surface area (Å²) >= 11 is 1.53. The number of carbonyl (C=O) groups excluding carboxylic acids is 3. The van der Waals surface area contributed by atoms with E-state index >= 15 is 0 Å². The molecular weight excluding hydrogens is 302 g/mol. The van der Waals surface area contributed by atoms with Crippen molar-refractivity contribution in [3.63, 3.8) is 0 Å². The molecule has 2 N–H and O–H groups in total. The van der Waals surface area contributed by atoms with Crippen molar-refractivity contribution < 1.29 is 14.4 Å². The highest BCUT2D eigenvalue weighted by atomic mass is 32.1. The topological polar surface area (TPSA) is 78.5 Å². The first-order chi connectivity index (χ1) is 10.4. The molecule has 0 atom stereocenters. The van der Waals surface area contributed by atoms with Crippen LogP contribution in [0.1, 0.15) is 39.9 Å². The monoisotopic (exact) mass is 321 g/mol. The van der Waals surface area contributed by atoms with Crippen LogP contribution in [0.3, 0.4) is 0 Å². The molecule has 0 saturated carbocycles. The van der Waals surface area contributed by atoms with E-state index in [4.69, 9.17) is 0 Å². The van der Waals surface area contributed by atoms with Crippen LogP contribution in [-0.4, -0.2) is 41.4 Å². The van der Waals surface area contributed by atoms with Crippen LogP contribution in [0.2, 0.25) is 0 Å². The van der Waals surface area contributed by atoms with Crippen molar-refractivity contribution in [1.82, 2.24) is 15.5 Å². The Labute approximate surface area is 132 Å². The van der Waals surface area contributed by atoms with Crippen molar-refractivity contribution >= 4 is 29.2 Å². The van der Waals surface area contributed by atoms with Crippen molar-refractivity contribution in [1.29, 1.82) is 0 Å². The van der Waals surface area contributed by atoms with Gasteiger partial charge in [0.1, 0.15) is 5.54 Å². The minimum Gasteiger partial charge on any atom is -0.338 e. The van der Waals surface area contributed by atoms with Gasteiger partial charge in [0.15, 0.2) is 0 Å². The van der Waals surface area contributed by atoms with Gasteiger partial charge in [-0.15, -0.1) is 11.3 Å². The zero-order valence-electron chi connectivity index (χ0n) is 12.7. The molecule has 1 spiro atoms. The third-order valence-corrected chi connectivity index (χ3v) is 5.61. The van der Waals surface area contributed by atoms with Crippen molar-refractivity contribution in [2.24, 2.45) is 0 Å². The van der Waals surface area contributed by atoms with E-state index in [-0.39, 0.29) is 11.8 Å². The number of rotatable bonds is 2. The van der Waals surface area contributed by atoms with E-state index in [0.29, 0.717) is 25.9 Å². The van der Waals surface area contributed by atoms with Crippen LogP contribution in [0.25, 0.3) is 0 Å². The highest BCUT2D eigenvalue weighted by molar-refractivity contribution is 7.14. The van der Waals surface area contributed by atoms with Gasteiger partial charge in [0.25, 0.3) is 11.8 Å². The van der Waals surface area contributed by atoms with Gasteiger partial charge in [-0.25, -0.2) is 4.79 Å². The molecule has 3 rings (SSSR count). The molecule has 0 radical (unpaired) electrons. The van der Waals surface area contributed by atoms with Crippen LogP contribution in [0.15, 0.2) is 6.07 Å². The molecule has 0 aliphatic carbocycles. The third kappa shape index (κ3) is 2.39. The maximum atomic E-state index is 12.6. The molecule has 6 nitrogen and oxygen atoms in total. The second-order valence-corrected chi connectivity index (χ2v) is 7.08. The Bertz CT molecular complexity index is 644. The fraction of sp³-hybridized carbons (Fsp3) is 0.533. The van der Waals surface area contributed by atoms with E-state index in [2.05, 4.69) is 17.6 Å². The van der Waals surface area contributed by atoms with Gasteiger partial charge >= 0.3 is 6.03 Å². The lowest BCUT2D eigenvalue weighted by atomic mass is 9.87. The van der Waals surface area contributed by atoms with E-state index in [0.717, 1.165) is 11.3 Å². The Morgan fingerprint density at radius 3 is 2.55 bits per heavy atom. The summed E-state index contributed by atoms with van der Waals surface area (Å²) in [6.45, 7) is 5.06. The number of carbonyl (C=O) groups is 3. The average molecular weight is 321 g/mol. The lowest BCUT2D eigenvalue weighted by molar-refractivity contribution is -0.125. The van der Waals surface area contributed by atoms with Gasteiger partial charge < -0.3 is 10.2 Å². The highest BCUT2D eigenvalue weighted by Crippen LogP contribution is 2.28. The molecule has 0 bridgehead atoms. The summed E-state index contributed by atoms with van der Waals surface area (Å²) < 4.78 is 0. The summed E-state index contributed by atoms with van der Waals surface area (Å²) in [6.07, 6.45) is 1.84. The molecule has 4 amide bonds. The second-order valence-electron chi connectivity index (χ2n) is 5.83. The smallest absolute Gasteiger partial charge is 0.322 e. The summed E-state index contributed by atoms with van der Waals surface area (Å²) in [7, 11) is 0. The number of amides is 4. The molecule has 1 aromatic rings. The van der Waals surface area contributed by atoms with Gasteiger partial charge in [-0.2, -0.15) is 0 Å². The van der Waals surface area contributed by atoms with E-state index in [9.17, 15) is 14.4 Å². The number of aryl methyl sites for hydroxylation is 2. The summed E-state index contributed by atoms with van der Waals surface area (Å²) in [5.74, 6) is -0.253. The largest absolute Gasteiger partial charge is 0.338 e. The first-order valence-corrected chi connectivity index (χ1v) is 8.29. The first-order valence-electron chi connectivity index (χ1n) is 7.47. The van der Waals surface area contributed by atoms with Gasteiger partial charge in [0, 0.05) is 18.0 Å². The molecule has 2 aliphatic rings. The molecule has 22 heavy (non-hydrogen) atoms. The van der Waals surface area contributed by atoms with Crippen LogP contribution in [0.4, 0.5) is 4.79 Å². The molecule has 2 fully saturated rings. The fourth-order valence-electron chi connectivity index (χ4n) is 3.10. The standard InChI is InChI=1S/C15H19N3O3S/c1-3-10-8-11(22-9(10)2)12(19)18-6-4-15(5-7-18)13(20)16-14(21)17-15/h8H,3-7H2,1-2H3,(H2,16,17,20,21). The number of hydrogen-bond acceptors (Lipinski definition) is 4. The minimum atomic E-state index is -0.826. The van der Waals surface area contributed by atoms with Crippen molar-refractivity contribution in [2.75, 3.05) is 13.1 Å². The van der Waals surface area contributed by atoms with Crippen LogP contribution >= 0.6 is 11.3 Å². The molecule has 2 aliphatic heterocycles. The molecule has 118 valence electrons. The molecule has 0 aromatic carbocycles. The van der Waals surface area contributed by atoms with Gasteiger partial charge in [0.2, 0.25) is 0 Å². The first kappa shape index (κ1) is 15.0. The predicted octanol–water partition coefficient (Wildman–Crippen LogP) is 1.43. The van der Waals surface area contributed by atoms with E-state index in [1.165, 1.54) is 21.8 Å². The van der Waals surface area contributed by atoms with Crippen molar-refractivity contribution in [3.05, 3.63) is 21.4 Å². The second kappa shape index (κ2) is 5.39. The SMILES string of the molecule is CCc1cc(C(=O)N2CCC3(CC2)NC(=O)NC3=O)sc1C. The number of nitrogens with zero attached hydrogens (tertiary/aromatic N) is 1. The van der Waals surface area contributed by atoms with Crippen molar-refractivity contribution in [2.45, 2.75) is 38.6 Å². The number of nitrogens with one attached hydrogen (secondary N) is 2. The third-order valence-electron chi connectivity index (χ3n) is 4.53.